The van der Waals surface area contributed by atoms with Gasteiger partial charge in [-0.15, -0.1) is 11.3 Å². The summed E-state index contributed by atoms with van der Waals surface area (Å²) in [5, 5.41) is 4.72. The molecule has 0 spiro atoms. The topological polar surface area (TPSA) is 68.3 Å². The molecular formula is C9H13N2O3PS. The molecule has 0 fully saturated rings. The second-order valence-electron chi connectivity index (χ2n) is 4.06. The van der Waals surface area contributed by atoms with Crippen molar-refractivity contribution in [2.75, 3.05) is 5.32 Å². The van der Waals surface area contributed by atoms with Crippen LogP contribution in [0.4, 0.5) is 9.93 Å². The molecule has 0 bridgehead atoms. The minimum Gasteiger partial charge on any atom is -0.444 e. The van der Waals surface area contributed by atoms with Gasteiger partial charge in [0.05, 0.1) is 11.9 Å². The van der Waals surface area contributed by atoms with Gasteiger partial charge < -0.3 is 4.74 Å². The molecule has 0 unspecified atom stereocenters. The Bertz CT molecular complexity index is 386. The zero-order chi connectivity index (χ0) is 12.2. The quantitative estimate of drug-likeness (QED) is 0.847. The zero-order valence-corrected chi connectivity index (χ0v) is 11.0. The molecule has 1 aromatic rings. The summed E-state index contributed by atoms with van der Waals surface area (Å²) in [4.78, 5) is 15.4. The number of hydrogen-bond acceptors (Lipinski definition) is 5. The number of nitrogens with one attached hydrogen (secondary N) is 1. The molecule has 1 heterocycles. The molecule has 0 radical (unpaired) electrons. The lowest BCUT2D eigenvalue weighted by atomic mass is 10.2. The van der Waals surface area contributed by atoms with Crippen LogP contribution in [0.3, 0.4) is 0 Å². The second kappa shape index (κ2) is 5.37. The van der Waals surface area contributed by atoms with E-state index in [4.69, 9.17) is 4.74 Å². The first kappa shape index (κ1) is 13.1. The van der Waals surface area contributed by atoms with Gasteiger partial charge in [0.15, 0.2) is 13.6 Å². The lowest BCUT2D eigenvalue weighted by Gasteiger charge is -2.18. The maximum Gasteiger partial charge on any atom is 0.413 e. The molecule has 1 N–H and O–H groups in total. The lowest BCUT2D eigenvalue weighted by molar-refractivity contribution is 0.0636. The molecule has 0 aromatic carbocycles. The average molecular weight is 260 g/mol. The average Bonchev–Trinajstić information content (AvgIpc) is 2.49. The number of carbonyl (C=O) groups is 1. The molecule has 1 aromatic heterocycles. The number of hydrogen-bond donors (Lipinski definition) is 1. The summed E-state index contributed by atoms with van der Waals surface area (Å²) in [5.74, 6) is 0. The molecule has 0 saturated heterocycles. The first-order valence-corrected chi connectivity index (χ1v) is 6.52. The highest BCUT2D eigenvalue weighted by Crippen LogP contribution is 2.19. The smallest absolute Gasteiger partial charge is 0.413 e. The molecule has 0 atom stereocenters. The summed E-state index contributed by atoms with van der Waals surface area (Å²) in [5.41, 5.74) is 0.158. The molecule has 5 nitrogen and oxygen atoms in total. The zero-order valence-electron chi connectivity index (χ0n) is 9.31. The Labute approximate surface area is 99.4 Å². The van der Waals surface area contributed by atoms with E-state index in [1.807, 2.05) is 0 Å². The number of aromatic nitrogens is 1. The van der Waals surface area contributed by atoms with E-state index in [9.17, 15) is 9.36 Å². The largest absolute Gasteiger partial charge is 0.444 e. The summed E-state index contributed by atoms with van der Waals surface area (Å²) >= 11 is 1.28. The number of rotatable bonds is 3. The van der Waals surface area contributed by atoms with Gasteiger partial charge >= 0.3 is 6.09 Å². The molecule has 7 heteroatoms. The Kier molecular flexibility index (Phi) is 4.38. The van der Waals surface area contributed by atoms with E-state index in [-0.39, 0.29) is 8.46 Å². The molecule has 16 heavy (non-hydrogen) atoms. The van der Waals surface area contributed by atoms with Gasteiger partial charge in [-0.2, -0.15) is 0 Å². The van der Waals surface area contributed by atoms with Crippen molar-refractivity contribution in [1.82, 2.24) is 4.98 Å². The Morgan fingerprint density at radius 1 is 1.62 bits per heavy atom. The summed E-state index contributed by atoms with van der Waals surface area (Å²) in [6.07, 6.45) is -0.181. The maximum atomic E-state index is 11.4. The Morgan fingerprint density at radius 2 is 2.31 bits per heavy atom. The van der Waals surface area contributed by atoms with Crippen molar-refractivity contribution in [2.24, 2.45) is 0 Å². The summed E-state index contributed by atoms with van der Waals surface area (Å²) in [6, 6.07) is 0. The van der Waals surface area contributed by atoms with E-state index in [1.54, 1.807) is 26.2 Å². The van der Waals surface area contributed by atoms with Gasteiger partial charge in [-0.1, -0.05) is 0 Å². The predicted molar refractivity (Wildman–Crippen MR) is 63.3 cm³/mol. The van der Waals surface area contributed by atoms with Gasteiger partial charge in [0, 0.05) is 5.38 Å². The molecular weight excluding hydrogens is 247 g/mol. The van der Waals surface area contributed by atoms with E-state index in [0.29, 0.717) is 17.0 Å². The van der Waals surface area contributed by atoms with Crippen LogP contribution >= 0.6 is 19.8 Å². The fraction of sp³-hybridized carbons (Fsp3) is 0.556. The fourth-order valence-electron chi connectivity index (χ4n) is 0.894. The number of ether oxygens (including phenoxy) is 1. The van der Waals surface area contributed by atoms with Crippen molar-refractivity contribution < 1.29 is 14.1 Å². The SMILES string of the molecule is CC(C)(C)OC(=O)Nc1nc(CP=O)cs1. The normalized spacial score (nSPS) is 11.4. The van der Waals surface area contributed by atoms with E-state index in [1.165, 1.54) is 11.3 Å². The number of thiazole rings is 1. The first-order valence-electron chi connectivity index (χ1n) is 4.64. The first-order chi connectivity index (χ1) is 7.40. The minimum absolute atomic E-state index is 0.0165. The van der Waals surface area contributed by atoms with Crippen LogP contribution in [0.25, 0.3) is 0 Å². The van der Waals surface area contributed by atoms with E-state index >= 15 is 0 Å². The van der Waals surface area contributed by atoms with Gasteiger partial charge in [0.2, 0.25) is 0 Å². The lowest BCUT2D eigenvalue weighted by Crippen LogP contribution is -2.27. The number of anilines is 1. The van der Waals surface area contributed by atoms with Crippen molar-refractivity contribution in [3.63, 3.8) is 0 Å². The van der Waals surface area contributed by atoms with Crippen LogP contribution in [0, 0.1) is 0 Å². The van der Waals surface area contributed by atoms with Crippen LogP contribution in [0.5, 0.6) is 0 Å². The molecule has 1 amide bonds. The summed E-state index contributed by atoms with van der Waals surface area (Å²) in [6.45, 7) is 5.36. The van der Waals surface area contributed by atoms with Crippen LogP contribution in [0.2, 0.25) is 0 Å². The van der Waals surface area contributed by atoms with E-state index in [2.05, 4.69) is 10.3 Å². The molecule has 0 aliphatic rings. The number of amides is 1. The highest BCUT2D eigenvalue weighted by atomic mass is 32.1. The highest BCUT2D eigenvalue weighted by molar-refractivity contribution is 7.22. The third kappa shape index (κ3) is 4.68. The van der Waals surface area contributed by atoms with Crippen molar-refractivity contribution in [1.29, 1.82) is 0 Å². The van der Waals surface area contributed by atoms with Gasteiger partial charge in [0.25, 0.3) is 0 Å². The summed E-state index contributed by atoms with van der Waals surface area (Å²) in [7, 11) is 0.0165. The van der Waals surface area contributed by atoms with Crippen LogP contribution in [0.1, 0.15) is 26.5 Å². The van der Waals surface area contributed by atoms with E-state index < -0.39 is 11.7 Å². The third-order valence-electron chi connectivity index (χ3n) is 1.39. The van der Waals surface area contributed by atoms with Gasteiger partial charge in [-0.25, -0.2) is 9.78 Å². The van der Waals surface area contributed by atoms with Gasteiger partial charge in [-0.05, 0) is 20.8 Å². The molecule has 0 aliphatic heterocycles. The van der Waals surface area contributed by atoms with Crippen molar-refractivity contribution in [2.45, 2.75) is 32.5 Å². The second-order valence-corrected chi connectivity index (χ2v) is 5.49. The number of nitrogens with zero attached hydrogens (tertiary/aromatic N) is 1. The Hall–Kier alpha value is -1.000. The Morgan fingerprint density at radius 3 is 2.88 bits per heavy atom. The van der Waals surface area contributed by atoms with Crippen LogP contribution in [-0.2, 0) is 15.5 Å². The molecule has 1 rings (SSSR count). The summed E-state index contributed by atoms with van der Waals surface area (Å²) < 4.78 is 15.4. The molecule has 88 valence electrons. The standard InChI is InChI=1S/C9H13N2O3PS/c1-9(2,3)14-8(12)11-7-10-6(4-15-13)5-16-7/h5H,4H2,1-3H3,(H,10,11,12). The molecule has 0 saturated carbocycles. The predicted octanol–water partition coefficient (Wildman–Crippen LogP) is 3.28. The van der Waals surface area contributed by atoms with E-state index in [0.717, 1.165) is 0 Å². The Balaban J connectivity index is 2.53. The maximum absolute atomic E-state index is 11.4. The third-order valence-corrected chi connectivity index (χ3v) is 2.65. The van der Waals surface area contributed by atoms with Gasteiger partial charge in [-0.3, -0.25) is 9.88 Å². The minimum atomic E-state index is -0.534. The van der Waals surface area contributed by atoms with Crippen molar-refractivity contribution in [3.8, 4) is 0 Å². The molecule has 0 aliphatic carbocycles. The van der Waals surface area contributed by atoms with Crippen LogP contribution in [-0.4, -0.2) is 16.7 Å². The monoisotopic (exact) mass is 260 g/mol. The highest BCUT2D eigenvalue weighted by Gasteiger charge is 2.17. The van der Waals surface area contributed by atoms with Crippen molar-refractivity contribution >= 4 is 31.0 Å². The van der Waals surface area contributed by atoms with Gasteiger partial charge in [0.1, 0.15) is 5.60 Å². The number of carbonyl (C=O) groups excluding carboxylic acids is 1. The fourth-order valence-corrected chi connectivity index (χ4v) is 2.01. The van der Waals surface area contributed by atoms with Crippen LogP contribution in [0.15, 0.2) is 5.38 Å². The van der Waals surface area contributed by atoms with Crippen LogP contribution < -0.4 is 5.32 Å². The van der Waals surface area contributed by atoms with Crippen molar-refractivity contribution in [3.05, 3.63) is 11.1 Å².